The first-order valence-corrected chi connectivity index (χ1v) is 24.1. The van der Waals surface area contributed by atoms with Crippen LogP contribution in [0.3, 0.4) is 0 Å². The Kier molecular flexibility index (Phi) is 16.1. The molecule has 1 saturated heterocycles. The topological polar surface area (TPSA) is 240 Å². The van der Waals surface area contributed by atoms with Crippen molar-refractivity contribution in [3.05, 3.63) is 82.9 Å². The van der Waals surface area contributed by atoms with Gasteiger partial charge < -0.3 is 53.8 Å². The summed E-state index contributed by atoms with van der Waals surface area (Å²) in [5.74, 6) is -7.86. The Morgan fingerprint density at radius 2 is 1.59 bits per heavy atom. The highest BCUT2D eigenvalue weighted by Gasteiger charge is 2.78. The number of esters is 4. The fourth-order valence-corrected chi connectivity index (χ4v) is 11.7. The molecule has 2 saturated carbocycles. The standard InChI is InChI=1S/C53H71NO16/c1-12-19-34(24-29(2)56)46(60)67-41(40(32-20-15-13-16-21-32)54-48(62)70-49(5,6)7)47(61)66-36-26-53(63)44(68-45(59)33-22-17-14-18-23-33)42-51(10,43(58)35(27-55)39(30(36)3)50(53,8)9)37(64-11)25-38-52(42,28-65-38)69-31(4)57/h13-18,20-23,29,34-38,40-42,44,55-56,63H,12,19,24-28H2,1-11H3,(H,54,62)/t29?,34?,35-,36+,37+,38-,40+,41-,42+,44+,51-,52+,53-/m1/s1. The smallest absolute Gasteiger partial charge is 0.408 e. The van der Waals surface area contributed by atoms with Crippen molar-refractivity contribution in [1.29, 1.82) is 0 Å². The molecule has 2 bridgehead atoms. The van der Waals surface area contributed by atoms with Crippen LogP contribution in [0.2, 0.25) is 0 Å². The average Bonchev–Trinajstić information content (AvgIpc) is 3.28. The highest BCUT2D eigenvalue weighted by Crippen LogP contribution is 2.65. The van der Waals surface area contributed by atoms with Crippen molar-refractivity contribution in [3.63, 3.8) is 0 Å². The van der Waals surface area contributed by atoms with Gasteiger partial charge in [-0.25, -0.2) is 14.4 Å². The van der Waals surface area contributed by atoms with Crippen molar-refractivity contribution in [3.8, 4) is 0 Å². The SMILES string of the molecule is CCCC(CC(C)O)C(=O)O[C@@H](C(=O)O[C@H]1C[C@@]2(O)[C@@H](OC(=O)c3ccccc3)[C@@H]3[C@]4(OC(C)=O)CO[C@@H]4C[C@H](OC)[C@@]3(C)C(=O)[C@H](CO)C(=C1C)C2(C)C)[C@@H](NC(=O)OC(C)(C)C)c1ccccc1. The quantitative estimate of drug-likeness (QED) is 0.0870. The first-order valence-electron chi connectivity index (χ1n) is 24.1. The number of hydrogen-bond donors (Lipinski definition) is 4. The van der Waals surface area contributed by atoms with Gasteiger partial charge >= 0.3 is 30.0 Å². The number of rotatable bonds is 16. The largest absolute Gasteiger partial charge is 0.455 e. The lowest BCUT2D eigenvalue weighted by molar-refractivity contribution is -0.347. The van der Waals surface area contributed by atoms with Gasteiger partial charge in [-0.05, 0) is 83.2 Å². The fraction of sp³-hybridized carbons (Fsp3) is 0.623. The number of alkyl carbamates (subject to hydrolysis) is 1. The molecule has 1 aliphatic heterocycles. The Bertz CT molecular complexity index is 2290. The molecule has 0 aromatic heterocycles. The van der Waals surface area contributed by atoms with E-state index in [4.69, 9.17) is 33.2 Å². The van der Waals surface area contributed by atoms with Gasteiger partial charge in [-0.3, -0.25) is 14.4 Å². The van der Waals surface area contributed by atoms with E-state index in [0.29, 0.717) is 18.4 Å². The van der Waals surface area contributed by atoms with E-state index in [2.05, 4.69) is 5.32 Å². The minimum Gasteiger partial charge on any atom is -0.455 e. The summed E-state index contributed by atoms with van der Waals surface area (Å²) in [6.07, 6.45) is -8.48. The molecule has 2 aromatic rings. The number of ether oxygens (including phenoxy) is 7. The molecule has 17 heteroatoms. The van der Waals surface area contributed by atoms with Gasteiger partial charge in [0.05, 0.1) is 54.2 Å². The molecule has 4 N–H and O–H groups in total. The summed E-state index contributed by atoms with van der Waals surface area (Å²) in [4.78, 5) is 86.6. The summed E-state index contributed by atoms with van der Waals surface area (Å²) in [7, 11) is 1.41. The second kappa shape index (κ2) is 20.9. The van der Waals surface area contributed by atoms with Gasteiger partial charge in [-0.2, -0.15) is 0 Å². The van der Waals surface area contributed by atoms with E-state index in [0.717, 1.165) is 0 Å². The zero-order chi connectivity index (χ0) is 51.7. The molecule has 0 spiro atoms. The van der Waals surface area contributed by atoms with Crippen molar-refractivity contribution in [2.75, 3.05) is 20.3 Å². The lowest BCUT2D eigenvalue weighted by Gasteiger charge is -2.68. The van der Waals surface area contributed by atoms with Crippen LogP contribution >= 0.6 is 0 Å². The second-order valence-electron chi connectivity index (χ2n) is 21.1. The summed E-state index contributed by atoms with van der Waals surface area (Å²) in [5, 5.41) is 38.6. The fourth-order valence-electron chi connectivity index (χ4n) is 11.7. The molecule has 3 aliphatic carbocycles. The van der Waals surface area contributed by atoms with Crippen LogP contribution in [-0.4, -0.2) is 125 Å². The maximum atomic E-state index is 15.8. The van der Waals surface area contributed by atoms with Crippen LogP contribution < -0.4 is 5.32 Å². The molecule has 13 atom stereocenters. The van der Waals surface area contributed by atoms with Gasteiger partial charge in [0.25, 0.3) is 0 Å². The number of fused-ring (bicyclic) bond motifs is 5. The number of amides is 1. The van der Waals surface area contributed by atoms with Gasteiger partial charge in [0.1, 0.15) is 35.6 Å². The molecule has 2 aromatic carbocycles. The highest BCUT2D eigenvalue weighted by molar-refractivity contribution is 5.93. The van der Waals surface area contributed by atoms with E-state index >= 15 is 9.59 Å². The van der Waals surface area contributed by atoms with Crippen LogP contribution in [0.15, 0.2) is 71.8 Å². The Morgan fingerprint density at radius 3 is 2.11 bits per heavy atom. The number of carbonyl (C=O) groups is 6. The summed E-state index contributed by atoms with van der Waals surface area (Å²) < 4.78 is 43.1. The third-order valence-electron chi connectivity index (χ3n) is 15.0. The Morgan fingerprint density at radius 1 is 0.957 bits per heavy atom. The first-order chi connectivity index (χ1) is 32.8. The molecule has 70 heavy (non-hydrogen) atoms. The minimum atomic E-state index is -2.33. The molecule has 6 rings (SSSR count). The van der Waals surface area contributed by atoms with Gasteiger partial charge in [0, 0.05) is 32.3 Å². The number of aliphatic hydroxyl groups is 3. The zero-order valence-electron chi connectivity index (χ0n) is 42.1. The van der Waals surface area contributed by atoms with Crippen LogP contribution in [0.4, 0.5) is 4.79 Å². The van der Waals surface area contributed by atoms with Crippen LogP contribution in [-0.2, 0) is 52.3 Å². The summed E-state index contributed by atoms with van der Waals surface area (Å²) in [6, 6.07) is 14.8. The van der Waals surface area contributed by atoms with Crippen LogP contribution in [0, 0.1) is 28.6 Å². The third kappa shape index (κ3) is 10.1. The number of nitrogens with one attached hydrogen (secondary N) is 1. The lowest BCUT2D eigenvalue weighted by atomic mass is 9.43. The normalized spacial score (nSPS) is 30.8. The number of ketones is 1. The Labute approximate surface area is 409 Å². The maximum Gasteiger partial charge on any atom is 0.408 e. The molecule has 1 heterocycles. The third-order valence-corrected chi connectivity index (χ3v) is 15.0. The van der Waals surface area contributed by atoms with Gasteiger partial charge in [-0.1, -0.05) is 75.7 Å². The van der Waals surface area contributed by atoms with E-state index in [1.54, 1.807) is 97.0 Å². The van der Waals surface area contributed by atoms with E-state index in [-0.39, 0.29) is 36.2 Å². The number of aliphatic hydroxyl groups excluding tert-OH is 2. The minimum absolute atomic E-state index is 0.00426. The molecule has 4 aliphatic rings. The monoisotopic (exact) mass is 977 g/mol. The molecule has 2 unspecified atom stereocenters. The highest BCUT2D eigenvalue weighted by atomic mass is 16.6. The number of hydrogen-bond acceptors (Lipinski definition) is 16. The molecule has 384 valence electrons. The van der Waals surface area contributed by atoms with E-state index in [1.807, 2.05) is 6.92 Å². The predicted molar refractivity (Wildman–Crippen MR) is 252 cm³/mol. The van der Waals surface area contributed by atoms with Crippen LogP contribution in [0.1, 0.15) is 123 Å². The molecule has 0 radical (unpaired) electrons. The van der Waals surface area contributed by atoms with Gasteiger partial charge in [0.2, 0.25) is 6.10 Å². The number of carbonyl (C=O) groups excluding carboxylic acids is 6. The van der Waals surface area contributed by atoms with Crippen molar-refractivity contribution >= 4 is 35.8 Å². The van der Waals surface area contributed by atoms with Crippen molar-refractivity contribution in [2.24, 2.45) is 28.6 Å². The number of benzene rings is 2. The molecular formula is C53H71NO16. The van der Waals surface area contributed by atoms with Crippen molar-refractivity contribution in [1.82, 2.24) is 5.32 Å². The number of methoxy groups -OCH3 is 1. The molecule has 1 amide bonds. The Balaban J connectivity index is 1.57. The Hall–Kier alpha value is -5.20. The van der Waals surface area contributed by atoms with Crippen LogP contribution in [0.25, 0.3) is 0 Å². The lowest BCUT2D eigenvalue weighted by Crippen LogP contribution is -2.81. The van der Waals surface area contributed by atoms with E-state index < -0.39 is 137 Å². The van der Waals surface area contributed by atoms with E-state index in [9.17, 15) is 34.5 Å². The van der Waals surface area contributed by atoms with E-state index in [1.165, 1.54) is 33.1 Å². The van der Waals surface area contributed by atoms with Crippen molar-refractivity contribution in [2.45, 2.75) is 161 Å². The zero-order valence-corrected chi connectivity index (χ0v) is 42.1. The second-order valence-corrected chi connectivity index (χ2v) is 21.1. The summed E-state index contributed by atoms with van der Waals surface area (Å²) in [6.45, 7) is 15.0. The summed E-state index contributed by atoms with van der Waals surface area (Å²) >= 11 is 0. The van der Waals surface area contributed by atoms with Crippen molar-refractivity contribution < 1.29 is 77.2 Å². The van der Waals surface area contributed by atoms with Crippen LogP contribution in [0.5, 0.6) is 0 Å². The van der Waals surface area contributed by atoms with Gasteiger partial charge in [0.15, 0.2) is 11.4 Å². The first kappa shape index (κ1) is 54.1. The maximum absolute atomic E-state index is 15.8. The summed E-state index contributed by atoms with van der Waals surface area (Å²) in [5.41, 5.74) is -7.41. The molecule has 17 nitrogen and oxygen atoms in total. The average molecular weight is 978 g/mol. The predicted octanol–water partition coefficient (Wildman–Crippen LogP) is 5.90. The molecular weight excluding hydrogens is 907 g/mol. The number of Topliss-reactive ketones (excluding diaryl/α,β-unsaturated/α-hetero) is 1. The van der Waals surface area contributed by atoms with Gasteiger partial charge in [-0.15, -0.1) is 0 Å². The molecule has 3 fully saturated rings.